The fraction of sp³-hybridized carbons (Fsp3) is 0.667. The molecule has 0 N–H and O–H groups in total. The van der Waals surface area contributed by atoms with Crippen molar-refractivity contribution in [2.24, 2.45) is 0 Å². The Morgan fingerprint density at radius 2 is 2.43 bits per heavy atom. The highest BCUT2D eigenvalue weighted by molar-refractivity contribution is 7.09. The summed E-state index contributed by atoms with van der Waals surface area (Å²) in [6.07, 6.45) is 0.484. The minimum atomic E-state index is -2.49. The number of nitrogens with zero attached hydrogens (tertiary/aromatic N) is 1. The standard InChI is InChI=1S/C9H10ClF2NS/c10-4-7-5-14-8(13-7)6-1-2-9(11,12)3-6/h5-6H,1-4H2. The van der Waals surface area contributed by atoms with E-state index in [9.17, 15) is 8.78 Å². The minimum absolute atomic E-state index is 0.00649. The van der Waals surface area contributed by atoms with Gasteiger partial charge in [-0.25, -0.2) is 13.8 Å². The Balaban J connectivity index is 2.09. The fourth-order valence-electron chi connectivity index (χ4n) is 1.73. The molecule has 0 saturated heterocycles. The van der Waals surface area contributed by atoms with Crippen LogP contribution in [0.15, 0.2) is 5.38 Å². The zero-order valence-electron chi connectivity index (χ0n) is 7.47. The molecule has 1 aliphatic carbocycles. The summed E-state index contributed by atoms with van der Waals surface area (Å²) in [5.74, 6) is -2.19. The van der Waals surface area contributed by atoms with Crippen LogP contribution in [-0.2, 0) is 5.88 Å². The van der Waals surface area contributed by atoms with Gasteiger partial charge in [0.1, 0.15) is 0 Å². The highest BCUT2D eigenvalue weighted by atomic mass is 35.5. The highest BCUT2D eigenvalue weighted by Crippen LogP contribution is 2.44. The number of aromatic nitrogens is 1. The molecule has 1 nitrogen and oxygen atoms in total. The third kappa shape index (κ3) is 2.06. The Hall–Kier alpha value is -0.220. The maximum atomic E-state index is 12.9. The van der Waals surface area contributed by atoms with Crippen molar-refractivity contribution in [3.8, 4) is 0 Å². The van der Waals surface area contributed by atoms with Crippen LogP contribution in [0.5, 0.6) is 0 Å². The van der Waals surface area contributed by atoms with Gasteiger partial charge in [0.15, 0.2) is 0 Å². The largest absolute Gasteiger partial charge is 0.248 e. The van der Waals surface area contributed by atoms with Crippen LogP contribution in [0.4, 0.5) is 8.78 Å². The van der Waals surface area contributed by atoms with Gasteiger partial charge in [-0.05, 0) is 6.42 Å². The van der Waals surface area contributed by atoms with Crippen molar-refractivity contribution >= 4 is 22.9 Å². The van der Waals surface area contributed by atoms with Crippen molar-refractivity contribution < 1.29 is 8.78 Å². The summed E-state index contributed by atoms with van der Waals surface area (Å²) in [5, 5.41) is 2.66. The molecule has 1 unspecified atom stereocenters. The first-order chi connectivity index (χ1) is 6.61. The number of halogens is 3. The highest BCUT2D eigenvalue weighted by Gasteiger charge is 2.41. The molecule has 0 aliphatic heterocycles. The number of thiazole rings is 1. The Labute approximate surface area is 90.1 Å². The van der Waals surface area contributed by atoms with E-state index in [4.69, 9.17) is 11.6 Å². The topological polar surface area (TPSA) is 12.9 Å². The first-order valence-corrected chi connectivity index (χ1v) is 5.90. The zero-order valence-corrected chi connectivity index (χ0v) is 9.04. The molecule has 5 heteroatoms. The second-order valence-electron chi connectivity index (χ2n) is 3.61. The number of alkyl halides is 3. The normalized spacial score (nSPS) is 25.5. The van der Waals surface area contributed by atoms with E-state index in [1.165, 1.54) is 11.3 Å². The third-order valence-corrected chi connectivity index (χ3v) is 3.79. The van der Waals surface area contributed by atoms with Crippen LogP contribution in [0, 0.1) is 0 Å². The molecule has 1 aromatic rings. The van der Waals surface area contributed by atoms with Crippen LogP contribution in [0.25, 0.3) is 0 Å². The quantitative estimate of drug-likeness (QED) is 0.714. The van der Waals surface area contributed by atoms with Crippen molar-refractivity contribution in [2.75, 3.05) is 0 Å². The molecular formula is C9H10ClF2NS. The number of hydrogen-bond acceptors (Lipinski definition) is 2. The van der Waals surface area contributed by atoms with Gasteiger partial charge >= 0.3 is 0 Å². The molecule has 0 spiro atoms. The van der Waals surface area contributed by atoms with Crippen LogP contribution in [0.2, 0.25) is 0 Å². The Morgan fingerprint density at radius 1 is 1.64 bits per heavy atom. The lowest BCUT2D eigenvalue weighted by molar-refractivity contribution is 0.00776. The summed E-state index contributed by atoms with van der Waals surface area (Å²) in [7, 11) is 0. The Morgan fingerprint density at radius 3 is 2.93 bits per heavy atom. The SMILES string of the molecule is FC1(F)CCC(c2nc(CCl)cs2)C1. The van der Waals surface area contributed by atoms with Gasteiger partial charge in [-0.2, -0.15) is 0 Å². The molecule has 0 radical (unpaired) electrons. The van der Waals surface area contributed by atoms with Gasteiger partial charge in [-0.1, -0.05) is 0 Å². The predicted octanol–water partition coefficient (Wildman–Crippen LogP) is 3.78. The van der Waals surface area contributed by atoms with Gasteiger partial charge < -0.3 is 0 Å². The zero-order chi connectivity index (χ0) is 10.2. The van der Waals surface area contributed by atoms with Crippen molar-refractivity contribution in [1.29, 1.82) is 0 Å². The monoisotopic (exact) mass is 237 g/mol. The van der Waals surface area contributed by atoms with Crippen LogP contribution in [0.3, 0.4) is 0 Å². The van der Waals surface area contributed by atoms with E-state index in [1.807, 2.05) is 5.38 Å². The van der Waals surface area contributed by atoms with Crippen LogP contribution >= 0.6 is 22.9 Å². The second kappa shape index (κ2) is 3.74. The first kappa shape index (κ1) is 10.3. The fourth-order valence-corrected chi connectivity index (χ4v) is 2.92. The average Bonchev–Trinajstić information content (AvgIpc) is 2.70. The minimum Gasteiger partial charge on any atom is -0.245 e. The van der Waals surface area contributed by atoms with E-state index in [0.29, 0.717) is 12.3 Å². The molecule has 1 fully saturated rings. The second-order valence-corrected chi connectivity index (χ2v) is 4.76. The Bertz CT molecular complexity index is 326. The lowest BCUT2D eigenvalue weighted by Crippen LogP contribution is -2.09. The summed E-state index contributed by atoms with van der Waals surface area (Å²) >= 11 is 7.04. The van der Waals surface area contributed by atoms with E-state index < -0.39 is 5.92 Å². The first-order valence-electron chi connectivity index (χ1n) is 4.49. The van der Waals surface area contributed by atoms with Gasteiger partial charge in [0.2, 0.25) is 5.92 Å². The summed E-state index contributed by atoms with van der Waals surface area (Å²) in [6.45, 7) is 0. The van der Waals surface area contributed by atoms with Crippen LogP contribution in [-0.4, -0.2) is 10.9 Å². The number of rotatable bonds is 2. The molecule has 14 heavy (non-hydrogen) atoms. The molecule has 1 heterocycles. The van der Waals surface area contributed by atoms with Crippen molar-refractivity contribution in [3.63, 3.8) is 0 Å². The smallest absolute Gasteiger partial charge is 0.245 e. The van der Waals surface area contributed by atoms with Crippen molar-refractivity contribution in [1.82, 2.24) is 4.98 Å². The lowest BCUT2D eigenvalue weighted by Gasteiger charge is -2.07. The van der Waals surface area contributed by atoms with E-state index in [1.54, 1.807) is 0 Å². The van der Waals surface area contributed by atoms with Crippen LogP contribution in [0.1, 0.15) is 35.9 Å². The molecule has 0 aromatic carbocycles. The number of hydrogen-bond donors (Lipinski definition) is 0. The van der Waals surface area contributed by atoms with Crippen molar-refractivity contribution in [2.45, 2.75) is 37.0 Å². The third-order valence-electron chi connectivity index (χ3n) is 2.46. The van der Waals surface area contributed by atoms with Gasteiger partial charge in [0, 0.05) is 24.1 Å². The molecular weight excluding hydrogens is 228 g/mol. The summed E-state index contributed by atoms with van der Waals surface area (Å²) < 4.78 is 25.8. The molecule has 1 saturated carbocycles. The van der Waals surface area contributed by atoms with E-state index in [-0.39, 0.29) is 18.8 Å². The summed E-state index contributed by atoms with van der Waals surface area (Å²) in [6, 6.07) is 0. The Kier molecular flexibility index (Phi) is 2.75. The molecule has 2 rings (SSSR count). The summed E-state index contributed by atoms with van der Waals surface area (Å²) in [5.41, 5.74) is 0.793. The van der Waals surface area contributed by atoms with Gasteiger partial charge in [0.25, 0.3) is 0 Å². The van der Waals surface area contributed by atoms with Gasteiger partial charge in [-0.3, -0.25) is 0 Å². The van der Waals surface area contributed by atoms with Gasteiger partial charge in [-0.15, -0.1) is 22.9 Å². The molecule has 1 aliphatic rings. The maximum absolute atomic E-state index is 12.9. The van der Waals surface area contributed by atoms with Gasteiger partial charge in [0.05, 0.1) is 16.6 Å². The van der Waals surface area contributed by atoms with Crippen LogP contribution < -0.4 is 0 Å². The summed E-state index contributed by atoms with van der Waals surface area (Å²) in [4.78, 5) is 4.23. The van der Waals surface area contributed by atoms with E-state index in [2.05, 4.69) is 4.98 Å². The van der Waals surface area contributed by atoms with Crippen molar-refractivity contribution in [3.05, 3.63) is 16.1 Å². The lowest BCUT2D eigenvalue weighted by atomic mass is 10.1. The van der Waals surface area contributed by atoms with E-state index in [0.717, 1.165) is 10.7 Å². The molecule has 1 atom stereocenters. The van der Waals surface area contributed by atoms with E-state index >= 15 is 0 Å². The molecule has 78 valence electrons. The molecule has 0 amide bonds. The molecule has 1 aromatic heterocycles. The average molecular weight is 238 g/mol. The predicted molar refractivity (Wildman–Crippen MR) is 53.2 cm³/mol. The maximum Gasteiger partial charge on any atom is 0.248 e. The molecule has 0 bridgehead atoms.